The summed E-state index contributed by atoms with van der Waals surface area (Å²) in [6.07, 6.45) is 3.50. The summed E-state index contributed by atoms with van der Waals surface area (Å²) in [6, 6.07) is 9.62. The molecule has 2 heterocycles. The number of rotatable bonds is 8. The number of hydrogen-bond acceptors (Lipinski definition) is 5. The van der Waals surface area contributed by atoms with Gasteiger partial charge in [0.05, 0.1) is 11.4 Å². The van der Waals surface area contributed by atoms with Crippen LogP contribution in [0.2, 0.25) is 0 Å². The number of nitrogens with zero attached hydrogens (tertiary/aromatic N) is 3. The molecule has 2 N–H and O–H groups in total. The fourth-order valence-corrected chi connectivity index (χ4v) is 5.63. The van der Waals surface area contributed by atoms with E-state index >= 15 is 0 Å². The summed E-state index contributed by atoms with van der Waals surface area (Å²) in [6.45, 7) is 13.8. The van der Waals surface area contributed by atoms with E-state index in [1.165, 1.54) is 32.6 Å². The Kier molecular flexibility index (Phi) is 8.15. The average Bonchev–Trinajstić information content (AvgIpc) is 3.39. The molecule has 0 saturated carbocycles. The molecule has 8 nitrogen and oxygen atoms in total. The van der Waals surface area contributed by atoms with Gasteiger partial charge < -0.3 is 15.1 Å². The van der Waals surface area contributed by atoms with Gasteiger partial charge in [-0.2, -0.15) is 0 Å². The van der Waals surface area contributed by atoms with Gasteiger partial charge in [-0.15, -0.1) is 0 Å². The van der Waals surface area contributed by atoms with Crippen LogP contribution in [0.15, 0.2) is 42.5 Å². The summed E-state index contributed by atoms with van der Waals surface area (Å²) in [5.74, 6) is -1.02. The number of aromatic hydroxyl groups is 2. The van der Waals surface area contributed by atoms with E-state index in [0.29, 0.717) is 17.8 Å². The molecule has 0 bridgehead atoms. The monoisotopic (exact) mass is 557 g/mol. The van der Waals surface area contributed by atoms with Crippen molar-refractivity contribution in [1.29, 1.82) is 0 Å². The Morgan fingerprint density at radius 3 is 1.80 bits per heavy atom. The number of benzene rings is 2. The Labute approximate surface area is 241 Å². The number of imide groups is 1. The topological polar surface area (TPSA) is 103 Å². The van der Waals surface area contributed by atoms with Gasteiger partial charge in [-0.05, 0) is 65.5 Å². The largest absolute Gasteiger partial charge is 0.494 e. The predicted octanol–water partition coefficient (Wildman–Crippen LogP) is 6.15. The van der Waals surface area contributed by atoms with Crippen molar-refractivity contribution in [3.05, 3.63) is 75.9 Å². The number of carbonyl (C=O) groups excluding carboxylic acids is 3. The van der Waals surface area contributed by atoms with Crippen LogP contribution in [-0.2, 0) is 20.8 Å². The van der Waals surface area contributed by atoms with Crippen LogP contribution in [-0.4, -0.2) is 39.5 Å². The van der Waals surface area contributed by atoms with Gasteiger partial charge in [-0.1, -0.05) is 58.9 Å². The quantitative estimate of drug-likeness (QED) is 0.324. The van der Waals surface area contributed by atoms with Crippen LogP contribution < -0.4 is 9.80 Å². The normalized spacial score (nSPS) is 13.3. The Hall–Kier alpha value is -4.33. The van der Waals surface area contributed by atoms with E-state index in [2.05, 4.69) is 26.0 Å². The van der Waals surface area contributed by atoms with Crippen LogP contribution in [0.3, 0.4) is 0 Å². The molecule has 3 amide bonds. The molecule has 216 valence electrons. The predicted molar refractivity (Wildman–Crippen MR) is 161 cm³/mol. The van der Waals surface area contributed by atoms with Gasteiger partial charge in [-0.25, -0.2) is 9.47 Å². The van der Waals surface area contributed by atoms with Crippen LogP contribution in [0, 0.1) is 13.8 Å². The lowest BCUT2D eigenvalue weighted by Crippen LogP contribution is -2.31. The highest BCUT2D eigenvalue weighted by atomic mass is 16.3. The number of amides is 3. The molecule has 2 aromatic carbocycles. The summed E-state index contributed by atoms with van der Waals surface area (Å²) < 4.78 is 1.40. The first kappa shape index (κ1) is 29.6. The van der Waals surface area contributed by atoms with Crippen molar-refractivity contribution in [1.82, 2.24) is 4.57 Å². The van der Waals surface area contributed by atoms with Crippen molar-refractivity contribution in [2.75, 3.05) is 16.8 Å². The van der Waals surface area contributed by atoms with Crippen molar-refractivity contribution in [2.24, 2.45) is 0 Å². The summed E-state index contributed by atoms with van der Waals surface area (Å²) in [5.41, 5.74) is 7.27. The first-order valence-electron chi connectivity index (χ1n) is 14.0. The maximum Gasteiger partial charge on any atom is 0.258 e. The highest BCUT2D eigenvalue weighted by Gasteiger charge is 2.30. The van der Waals surface area contributed by atoms with Crippen molar-refractivity contribution < 1.29 is 24.6 Å². The number of aryl methyl sites for hydroxylation is 2. The number of hydrogen-bond donors (Lipinski definition) is 2. The highest BCUT2D eigenvalue weighted by Crippen LogP contribution is 2.42. The molecular weight excluding hydrogens is 518 g/mol. The molecule has 0 spiro atoms. The van der Waals surface area contributed by atoms with Crippen LogP contribution in [0.25, 0.3) is 5.69 Å². The van der Waals surface area contributed by atoms with E-state index in [0.717, 1.165) is 33.4 Å². The number of anilines is 2. The summed E-state index contributed by atoms with van der Waals surface area (Å²) >= 11 is 0. The molecule has 8 heteroatoms. The molecule has 1 aromatic heterocycles. The highest BCUT2D eigenvalue weighted by molar-refractivity contribution is 6.28. The van der Waals surface area contributed by atoms with Crippen molar-refractivity contribution >= 4 is 29.1 Å². The fourth-order valence-electron chi connectivity index (χ4n) is 5.63. The molecule has 0 unspecified atom stereocenters. The lowest BCUT2D eigenvalue weighted by Gasteiger charge is -2.24. The van der Waals surface area contributed by atoms with Gasteiger partial charge >= 0.3 is 0 Å². The Bertz CT molecular complexity index is 1560. The van der Waals surface area contributed by atoms with Crippen LogP contribution in [0.4, 0.5) is 11.4 Å². The minimum Gasteiger partial charge on any atom is -0.494 e. The van der Waals surface area contributed by atoms with E-state index < -0.39 is 0 Å². The molecule has 0 saturated heterocycles. The van der Waals surface area contributed by atoms with Crippen LogP contribution in [0.1, 0.15) is 86.3 Å². The van der Waals surface area contributed by atoms with Crippen molar-refractivity contribution in [3.63, 3.8) is 0 Å². The molecule has 0 radical (unpaired) electrons. The van der Waals surface area contributed by atoms with Gasteiger partial charge in [0.1, 0.15) is 5.69 Å². The van der Waals surface area contributed by atoms with Crippen molar-refractivity contribution in [2.45, 2.75) is 73.1 Å². The van der Waals surface area contributed by atoms with Gasteiger partial charge in [-0.3, -0.25) is 14.4 Å². The summed E-state index contributed by atoms with van der Waals surface area (Å²) in [5, 5.41) is 22.0. The molecule has 1 aliphatic rings. The first-order valence-corrected chi connectivity index (χ1v) is 14.0. The van der Waals surface area contributed by atoms with Crippen LogP contribution >= 0.6 is 0 Å². The summed E-state index contributed by atoms with van der Waals surface area (Å²) in [4.78, 5) is 39.8. The zero-order valence-electron chi connectivity index (χ0n) is 25.1. The van der Waals surface area contributed by atoms with Gasteiger partial charge in [0.15, 0.2) is 0 Å². The van der Waals surface area contributed by atoms with Crippen LogP contribution in [0.5, 0.6) is 11.8 Å². The van der Waals surface area contributed by atoms with Gasteiger partial charge in [0.2, 0.25) is 17.7 Å². The van der Waals surface area contributed by atoms with Gasteiger partial charge in [0.25, 0.3) is 11.8 Å². The van der Waals surface area contributed by atoms with E-state index in [1.54, 1.807) is 14.0 Å². The molecule has 3 aromatic rings. The summed E-state index contributed by atoms with van der Waals surface area (Å²) in [7, 11) is 1.58. The Balaban J connectivity index is 1.78. The van der Waals surface area contributed by atoms with Crippen molar-refractivity contribution in [3.8, 4) is 17.4 Å². The minimum absolute atomic E-state index is 0.0679. The molecular formula is C33H39N3O5. The maximum atomic E-state index is 12.5. The second-order valence-electron chi connectivity index (χ2n) is 11.4. The lowest BCUT2D eigenvalue weighted by molar-refractivity contribution is -0.120. The minimum atomic E-state index is -0.328. The molecule has 41 heavy (non-hydrogen) atoms. The van der Waals surface area contributed by atoms with E-state index in [-0.39, 0.29) is 53.4 Å². The zero-order valence-corrected chi connectivity index (χ0v) is 25.1. The lowest BCUT2D eigenvalue weighted by atomic mass is 9.90. The third-order valence-corrected chi connectivity index (χ3v) is 7.66. The van der Waals surface area contributed by atoms with E-state index in [9.17, 15) is 24.6 Å². The Morgan fingerprint density at radius 2 is 1.32 bits per heavy atom. The third kappa shape index (κ3) is 5.38. The smallest absolute Gasteiger partial charge is 0.258 e. The van der Waals surface area contributed by atoms with E-state index in [1.807, 2.05) is 39.8 Å². The van der Waals surface area contributed by atoms with Gasteiger partial charge in [0, 0.05) is 31.7 Å². The number of aromatic nitrogens is 1. The SMILES string of the molecule is CCC(=O)N(C)c1cc(O)n(-c2c(C)cc(Cc3cc(C)c(N4C(=O)C=CC4=O)c(C(C)C)c3)cc2C(C)C)c1O. The standard InChI is InChI=1S/C33H39N3O5/c1-9-27(37)34(8)26-17-30(40)36(33(26)41)32-21(7)13-23(16-25(32)19(4)5)14-22-12-20(6)31(24(15-22)18(2)3)35-28(38)10-11-29(35)39/h10-13,15-19,40-41H,9,14H2,1-8H3. The zero-order chi connectivity index (χ0) is 30.3. The molecule has 4 rings (SSSR count). The maximum absolute atomic E-state index is 12.5. The molecule has 0 fully saturated rings. The third-order valence-electron chi connectivity index (χ3n) is 7.66. The molecule has 0 atom stereocenters. The molecule has 1 aliphatic heterocycles. The molecule has 0 aliphatic carbocycles. The Morgan fingerprint density at radius 1 is 0.829 bits per heavy atom. The number of carbonyl (C=O) groups is 3. The second kappa shape index (κ2) is 11.3. The second-order valence-corrected chi connectivity index (χ2v) is 11.4. The average molecular weight is 558 g/mol. The fraction of sp³-hybridized carbons (Fsp3) is 0.364. The van der Waals surface area contributed by atoms with E-state index in [4.69, 9.17) is 0 Å². The first-order chi connectivity index (χ1) is 19.3.